The molecule has 0 saturated carbocycles. The minimum Gasteiger partial charge on any atom is -0.332 e. The molecule has 0 radical (unpaired) electrons. The van der Waals surface area contributed by atoms with Crippen LogP contribution in [0.2, 0.25) is 0 Å². The van der Waals surface area contributed by atoms with Crippen LogP contribution in [-0.4, -0.2) is 18.0 Å². The number of carbonyl (C=O) groups is 2. The van der Waals surface area contributed by atoms with Crippen LogP contribution in [0.5, 0.6) is 0 Å². The average Bonchev–Trinajstić information content (AvgIpc) is 2.17. The van der Waals surface area contributed by atoms with Crippen LogP contribution in [0.1, 0.15) is 19.8 Å². The lowest BCUT2D eigenvalue weighted by atomic mass is 10.2. The minimum atomic E-state index is -0.351. The molecule has 2 N–H and O–H groups in total. The standard InChI is InChI=1S/C10H16N2O2/c1-4-7-8(11-9(13)5-2)12-10(14)6-3/h5-6,8H,2-4,7H2,1H3,(H,11,13)(H,12,14). The van der Waals surface area contributed by atoms with Gasteiger partial charge in [-0.15, -0.1) is 0 Å². The van der Waals surface area contributed by atoms with E-state index in [0.717, 1.165) is 6.42 Å². The van der Waals surface area contributed by atoms with Crippen molar-refractivity contribution in [3.8, 4) is 0 Å². The predicted octanol–water partition coefficient (Wildman–Crippen LogP) is 0.717. The molecule has 0 atom stereocenters. The van der Waals surface area contributed by atoms with Crippen LogP contribution in [0.25, 0.3) is 0 Å². The summed E-state index contributed by atoms with van der Waals surface area (Å²) >= 11 is 0. The molecule has 2 amide bonds. The Morgan fingerprint density at radius 2 is 1.64 bits per heavy atom. The van der Waals surface area contributed by atoms with E-state index in [9.17, 15) is 9.59 Å². The van der Waals surface area contributed by atoms with Gasteiger partial charge < -0.3 is 10.6 Å². The molecule has 78 valence electrons. The smallest absolute Gasteiger partial charge is 0.244 e. The molecule has 0 unspecified atom stereocenters. The molecule has 0 aromatic carbocycles. The maximum absolute atomic E-state index is 11.0. The summed E-state index contributed by atoms with van der Waals surface area (Å²) in [5.41, 5.74) is 0. The van der Waals surface area contributed by atoms with Gasteiger partial charge in [-0.3, -0.25) is 9.59 Å². The van der Waals surface area contributed by atoms with Crippen LogP contribution < -0.4 is 10.6 Å². The van der Waals surface area contributed by atoms with Crippen LogP contribution in [0.15, 0.2) is 25.3 Å². The molecule has 0 spiro atoms. The van der Waals surface area contributed by atoms with Gasteiger partial charge >= 0.3 is 0 Å². The zero-order valence-electron chi connectivity index (χ0n) is 8.38. The maximum Gasteiger partial charge on any atom is 0.244 e. The van der Waals surface area contributed by atoms with Crippen molar-refractivity contribution in [1.82, 2.24) is 10.6 Å². The molecule has 0 aliphatic heterocycles. The molecule has 0 aliphatic rings. The van der Waals surface area contributed by atoms with E-state index in [1.807, 2.05) is 6.92 Å². The largest absolute Gasteiger partial charge is 0.332 e. The van der Waals surface area contributed by atoms with E-state index in [2.05, 4.69) is 23.8 Å². The molecule has 0 bridgehead atoms. The van der Waals surface area contributed by atoms with Gasteiger partial charge in [-0.05, 0) is 18.6 Å². The van der Waals surface area contributed by atoms with Crippen molar-refractivity contribution in [2.75, 3.05) is 0 Å². The summed E-state index contributed by atoms with van der Waals surface area (Å²) in [6.45, 7) is 8.62. The summed E-state index contributed by atoms with van der Waals surface area (Å²) in [7, 11) is 0. The molecule has 14 heavy (non-hydrogen) atoms. The lowest BCUT2D eigenvalue weighted by Gasteiger charge is -2.17. The van der Waals surface area contributed by atoms with Crippen molar-refractivity contribution in [2.24, 2.45) is 0 Å². The van der Waals surface area contributed by atoms with Gasteiger partial charge in [0.1, 0.15) is 6.17 Å². The lowest BCUT2D eigenvalue weighted by molar-refractivity contribution is -0.119. The maximum atomic E-state index is 11.0. The quantitative estimate of drug-likeness (QED) is 0.485. The van der Waals surface area contributed by atoms with Gasteiger partial charge in [-0.2, -0.15) is 0 Å². The Labute approximate surface area is 84.1 Å². The van der Waals surface area contributed by atoms with Crippen molar-refractivity contribution in [3.63, 3.8) is 0 Å². The summed E-state index contributed by atoms with van der Waals surface area (Å²) in [4.78, 5) is 21.9. The molecular weight excluding hydrogens is 180 g/mol. The van der Waals surface area contributed by atoms with Crippen molar-refractivity contribution < 1.29 is 9.59 Å². The summed E-state index contributed by atoms with van der Waals surface area (Å²) < 4.78 is 0. The Morgan fingerprint density at radius 3 is 1.93 bits per heavy atom. The molecule has 4 nitrogen and oxygen atoms in total. The van der Waals surface area contributed by atoms with E-state index >= 15 is 0 Å². The number of hydrogen-bond donors (Lipinski definition) is 2. The zero-order valence-corrected chi connectivity index (χ0v) is 8.38. The highest BCUT2D eigenvalue weighted by molar-refractivity contribution is 5.89. The van der Waals surface area contributed by atoms with Crippen LogP contribution in [-0.2, 0) is 9.59 Å². The fourth-order valence-electron chi connectivity index (χ4n) is 0.930. The number of nitrogens with one attached hydrogen (secondary N) is 2. The van der Waals surface area contributed by atoms with E-state index in [-0.39, 0.29) is 18.0 Å². The molecule has 0 heterocycles. The molecule has 4 heteroatoms. The van der Waals surface area contributed by atoms with Gasteiger partial charge in [0.2, 0.25) is 11.8 Å². The number of carbonyl (C=O) groups excluding carboxylic acids is 2. The van der Waals surface area contributed by atoms with Crippen LogP contribution >= 0.6 is 0 Å². The van der Waals surface area contributed by atoms with E-state index in [1.165, 1.54) is 12.2 Å². The normalized spacial score (nSPS) is 9.29. The molecule has 0 saturated heterocycles. The third kappa shape index (κ3) is 5.13. The van der Waals surface area contributed by atoms with Gasteiger partial charge in [0.05, 0.1) is 0 Å². The molecule has 0 fully saturated rings. The van der Waals surface area contributed by atoms with E-state index < -0.39 is 0 Å². The first-order chi connectivity index (χ1) is 6.63. The summed E-state index contributed by atoms with van der Waals surface area (Å²) in [6, 6.07) is 0. The molecule has 0 rings (SSSR count). The first kappa shape index (κ1) is 12.4. The van der Waals surface area contributed by atoms with Gasteiger partial charge in [-0.1, -0.05) is 26.5 Å². The summed E-state index contributed by atoms with van der Waals surface area (Å²) in [6.07, 6.45) is 3.53. The molecular formula is C10H16N2O2. The number of rotatable bonds is 6. The Bertz CT molecular complexity index is 214. The Balaban J connectivity index is 4.13. The van der Waals surface area contributed by atoms with Gasteiger partial charge in [0, 0.05) is 0 Å². The van der Waals surface area contributed by atoms with Crippen LogP contribution in [0.4, 0.5) is 0 Å². The van der Waals surface area contributed by atoms with Gasteiger partial charge in [0.25, 0.3) is 0 Å². The first-order valence-electron chi connectivity index (χ1n) is 4.49. The highest BCUT2D eigenvalue weighted by atomic mass is 16.2. The first-order valence-corrected chi connectivity index (χ1v) is 4.49. The topological polar surface area (TPSA) is 58.2 Å². The Kier molecular flexibility index (Phi) is 6.11. The lowest BCUT2D eigenvalue weighted by Crippen LogP contribution is -2.46. The fraction of sp³-hybridized carbons (Fsp3) is 0.400. The number of hydrogen-bond acceptors (Lipinski definition) is 2. The van der Waals surface area contributed by atoms with Crippen molar-refractivity contribution in [2.45, 2.75) is 25.9 Å². The Hall–Kier alpha value is -1.58. The SMILES string of the molecule is C=CC(=O)NC(CCC)NC(=O)C=C. The molecule has 0 aromatic heterocycles. The second-order valence-electron chi connectivity index (χ2n) is 2.77. The minimum absolute atomic E-state index is 0.298. The Morgan fingerprint density at radius 1 is 1.21 bits per heavy atom. The molecule has 0 aliphatic carbocycles. The van der Waals surface area contributed by atoms with E-state index in [4.69, 9.17) is 0 Å². The van der Waals surface area contributed by atoms with Crippen molar-refractivity contribution in [1.29, 1.82) is 0 Å². The average molecular weight is 196 g/mol. The van der Waals surface area contributed by atoms with Crippen LogP contribution in [0, 0.1) is 0 Å². The highest BCUT2D eigenvalue weighted by Gasteiger charge is 2.10. The second-order valence-corrected chi connectivity index (χ2v) is 2.77. The zero-order chi connectivity index (χ0) is 11.0. The van der Waals surface area contributed by atoms with Gasteiger partial charge in [0.15, 0.2) is 0 Å². The molecule has 0 aromatic rings. The second kappa shape index (κ2) is 6.88. The summed E-state index contributed by atoms with van der Waals surface area (Å²) in [5.74, 6) is -0.597. The van der Waals surface area contributed by atoms with Crippen LogP contribution in [0.3, 0.4) is 0 Å². The predicted molar refractivity (Wildman–Crippen MR) is 55.4 cm³/mol. The van der Waals surface area contributed by atoms with Crippen molar-refractivity contribution >= 4 is 11.8 Å². The van der Waals surface area contributed by atoms with E-state index in [1.54, 1.807) is 0 Å². The highest BCUT2D eigenvalue weighted by Crippen LogP contribution is 1.93. The monoisotopic (exact) mass is 196 g/mol. The fourth-order valence-corrected chi connectivity index (χ4v) is 0.930. The van der Waals surface area contributed by atoms with E-state index in [0.29, 0.717) is 6.42 Å². The van der Waals surface area contributed by atoms with Gasteiger partial charge in [-0.25, -0.2) is 0 Å². The number of amides is 2. The summed E-state index contributed by atoms with van der Waals surface area (Å²) in [5, 5.41) is 5.19. The van der Waals surface area contributed by atoms with Crippen molar-refractivity contribution in [3.05, 3.63) is 25.3 Å². The third-order valence-electron chi connectivity index (χ3n) is 1.58. The third-order valence-corrected chi connectivity index (χ3v) is 1.58.